The zero-order valence-electron chi connectivity index (χ0n) is 19.9. The molecular weight excluding hydrogens is 454 g/mol. The fourth-order valence-electron chi connectivity index (χ4n) is 5.32. The first-order chi connectivity index (χ1) is 17.7. The quantitative estimate of drug-likeness (QED) is 0.434. The molecule has 0 saturated heterocycles. The topological polar surface area (TPSA) is 118 Å². The molecule has 36 heavy (non-hydrogen) atoms. The van der Waals surface area contributed by atoms with E-state index in [4.69, 9.17) is 4.98 Å². The van der Waals surface area contributed by atoms with Crippen molar-refractivity contribution in [3.8, 4) is 11.4 Å². The van der Waals surface area contributed by atoms with Crippen LogP contribution in [0.15, 0.2) is 42.9 Å². The summed E-state index contributed by atoms with van der Waals surface area (Å²) in [7, 11) is 0. The standard InChI is InChI=1S/C26H27N9O/c36-24(34-8-7-22-23(15-34)32-33-31-22)11-20-14-35(21-5-6-21)25(29-20)18-12-27-26(28-13-18)30-19-9-16-3-1-2-4-17(16)10-19/h1-4,12-14,19,21H,5-11,15H2,(H,27,28,30)(H,31,32,33). The van der Waals surface area contributed by atoms with Gasteiger partial charge in [0.15, 0.2) is 0 Å². The second-order valence-electron chi connectivity index (χ2n) is 9.97. The highest BCUT2D eigenvalue weighted by molar-refractivity contribution is 5.78. The summed E-state index contributed by atoms with van der Waals surface area (Å²) in [4.78, 5) is 28.9. The molecule has 7 rings (SSSR count). The minimum absolute atomic E-state index is 0.0593. The molecule has 2 N–H and O–H groups in total. The van der Waals surface area contributed by atoms with E-state index < -0.39 is 0 Å². The zero-order valence-corrected chi connectivity index (χ0v) is 19.9. The first kappa shape index (κ1) is 21.2. The van der Waals surface area contributed by atoms with Crippen molar-refractivity contribution in [2.45, 2.75) is 57.2 Å². The SMILES string of the molecule is O=C(Cc1cn(C2CC2)c(-c2cnc(NC3Cc4ccccc4C3)nc2)n1)N1CCc2n[nH]nc2C1. The van der Waals surface area contributed by atoms with Crippen molar-refractivity contribution in [2.24, 2.45) is 0 Å². The van der Waals surface area contributed by atoms with Gasteiger partial charge < -0.3 is 14.8 Å². The molecule has 0 unspecified atom stereocenters. The van der Waals surface area contributed by atoms with Crippen LogP contribution in [0.1, 0.15) is 47.1 Å². The van der Waals surface area contributed by atoms with E-state index in [0.29, 0.717) is 31.1 Å². The van der Waals surface area contributed by atoms with Gasteiger partial charge in [-0.1, -0.05) is 24.3 Å². The van der Waals surface area contributed by atoms with Crippen molar-refractivity contribution >= 4 is 11.9 Å². The molecule has 1 saturated carbocycles. The van der Waals surface area contributed by atoms with Gasteiger partial charge in [0.05, 0.1) is 29.9 Å². The highest BCUT2D eigenvalue weighted by Gasteiger charge is 2.29. The lowest BCUT2D eigenvalue weighted by molar-refractivity contribution is -0.131. The third-order valence-electron chi connectivity index (χ3n) is 7.36. The van der Waals surface area contributed by atoms with Crippen LogP contribution in [0.25, 0.3) is 11.4 Å². The second kappa shape index (κ2) is 8.54. The van der Waals surface area contributed by atoms with Gasteiger partial charge in [-0.05, 0) is 36.8 Å². The molecule has 0 radical (unpaired) electrons. The Morgan fingerprint density at radius 3 is 2.56 bits per heavy atom. The molecular formula is C26H27N9O. The Hall–Kier alpha value is -4.08. The highest BCUT2D eigenvalue weighted by Crippen LogP contribution is 2.38. The van der Waals surface area contributed by atoms with Crippen LogP contribution >= 0.6 is 0 Å². The van der Waals surface area contributed by atoms with Crippen molar-refractivity contribution in [1.82, 2.24) is 39.8 Å². The maximum atomic E-state index is 13.0. The molecule has 0 bridgehead atoms. The van der Waals surface area contributed by atoms with E-state index >= 15 is 0 Å². The van der Waals surface area contributed by atoms with Crippen molar-refractivity contribution in [3.05, 3.63) is 71.1 Å². The smallest absolute Gasteiger partial charge is 0.229 e. The van der Waals surface area contributed by atoms with Gasteiger partial charge in [-0.25, -0.2) is 15.0 Å². The van der Waals surface area contributed by atoms with Crippen molar-refractivity contribution < 1.29 is 4.79 Å². The molecule has 4 aromatic rings. The number of nitrogens with zero attached hydrogens (tertiary/aromatic N) is 7. The van der Waals surface area contributed by atoms with Gasteiger partial charge in [-0.3, -0.25) is 4.79 Å². The molecule has 182 valence electrons. The fraction of sp³-hybridized carbons (Fsp3) is 0.385. The maximum absolute atomic E-state index is 13.0. The van der Waals surface area contributed by atoms with Crippen LogP contribution in [0.2, 0.25) is 0 Å². The summed E-state index contributed by atoms with van der Waals surface area (Å²) in [5, 5.41) is 14.4. The summed E-state index contributed by atoms with van der Waals surface area (Å²) in [5.41, 5.74) is 6.24. The number of hydrogen-bond acceptors (Lipinski definition) is 7. The average Bonchev–Trinajstić information content (AvgIpc) is 3.29. The molecule has 0 spiro atoms. The van der Waals surface area contributed by atoms with Gasteiger partial charge in [-0.2, -0.15) is 15.4 Å². The van der Waals surface area contributed by atoms with Crippen LogP contribution in [0, 0.1) is 0 Å². The lowest BCUT2D eigenvalue weighted by atomic mass is 10.1. The monoisotopic (exact) mass is 481 g/mol. The summed E-state index contributed by atoms with van der Waals surface area (Å²) in [6, 6.07) is 9.31. The minimum atomic E-state index is 0.0593. The number of benzene rings is 1. The summed E-state index contributed by atoms with van der Waals surface area (Å²) in [6.07, 6.45) is 10.9. The number of nitrogens with one attached hydrogen (secondary N) is 2. The molecule has 3 aliphatic rings. The van der Waals surface area contributed by atoms with Gasteiger partial charge in [-0.15, -0.1) is 0 Å². The second-order valence-corrected chi connectivity index (χ2v) is 9.97. The maximum Gasteiger partial charge on any atom is 0.229 e. The molecule has 1 aliphatic heterocycles. The summed E-state index contributed by atoms with van der Waals surface area (Å²) in [6.45, 7) is 1.15. The van der Waals surface area contributed by atoms with Crippen molar-refractivity contribution in [1.29, 1.82) is 0 Å². The number of hydrogen-bond donors (Lipinski definition) is 2. The Labute approximate surface area is 208 Å². The number of imidazole rings is 1. The van der Waals surface area contributed by atoms with Crippen molar-refractivity contribution in [2.75, 3.05) is 11.9 Å². The van der Waals surface area contributed by atoms with Gasteiger partial charge in [0, 0.05) is 43.6 Å². The van der Waals surface area contributed by atoms with Crippen LogP contribution in [-0.4, -0.2) is 58.3 Å². The van der Waals surface area contributed by atoms with Crippen LogP contribution in [-0.2, 0) is 37.0 Å². The third-order valence-corrected chi connectivity index (χ3v) is 7.36. The number of carbonyl (C=O) groups is 1. The predicted octanol–water partition coefficient (Wildman–Crippen LogP) is 2.50. The van der Waals surface area contributed by atoms with Gasteiger partial charge in [0.25, 0.3) is 0 Å². The molecule has 10 nitrogen and oxygen atoms in total. The lowest BCUT2D eigenvalue weighted by Crippen LogP contribution is -2.37. The van der Waals surface area contributed by atoms with Gasteiger partial charge >= 0.3 is 0 Å². The normalized spacial score (nSPS) is 17.2. The summed E-state index contributed by atoms with van der Waals surface area (Å²) in [5.74, 6) is 1.52. The third kappa shape index (κ3) is 4.02. The number of H-pyrrole nitrogens is 1. The minimum Gasteiger partial charge on any atom is -0.351 e. The molecule has 1 amide bonds. The Kier molecular flexibility index (Phi) is 5.04. The van der Waals surface area contributed by atoms with E-state index in [2.05, 4.69) is 59.5 Å². The fourth-order valence-corrected chi connectivity index (χ4v) is 5.32. The molecule has 1 fully saturated rings. The van der Waals surface area contributed by atoms with E-state index in [1.807, 2.05) is 23.5 Å². The molecule has 3 aromatic heterocycles. The first-order valence-electron chi connectivity index (χ1n) is 12.6. The van der Waals surface area contributed by atoms with Crippen molar-refractivity contribution in [3.63, 3.8) is 0 Å². The molecule has 0 atom stereocenters. The number of aromatic amines is 1. The Morgan fingerprint density at radius 2 is 1.81 bits per heavy atom. The Balaban J connectivity index is 1.05. The molecule has 10 heteroatoms. The van der Waals surface area contributed by atoms with Crippen LogP contribution in [0.3, 0.4) is 0 Å². The van der Waals surface area contributed by atoms with Crippen LogP contribution in [0.5, 0.6) is 0 Å². The summed E-state index contributed by atoms with van der Waals surface area (Å²) < 4.78 is 2.19. The first-order valence-corrected chi connectivity index (χ1v) is 12.6. The number of carbonyl (C=O) groups excluding carboxylic acids is 1. The van der Waals surface area contributed by atoms with E-state index in [1.165, 1.54) is 11.1 Å². The number of amides is 1. The number of fused-ring (bicyclic) bond motifs is 2. The average molecular weight is 482 g/mol. The molecule has 2 aliphatic carbocycles. The summed E-state index contributed by atoms with van der Waals surface area (Å²) >= 11 is 0. The molecule has 1 aromatic carbocycles. The number of rotatable bonds is 6. The highest BCUT2D eigenvalue weighted by atomic mass is 16.2. The van der Waals surface area contributed by atoms with Gasteiger partial charge in [0.1, 0.15) is 11.5 Å². The lowest BCUT2D eigenvalue weighted by Gasteiger charge is -2.25. The largest absolute Gasteiger partial charge is 0.351 e. The predicted molar refractivity (Wildman–Crippen MR) is 132 cm³/mol. The zero-order chi connectivity index (χ0) is 24.1. The molecule has 4 heterocycles. The van der Waals surface area contributed by atoms with E-state index in [1.54, 1.807) is 0 Å². The van der Waals surface area contributed by atoms with Gasteiger partial charge in [0.2, 0.25) is 11.9 Å². The van der Waals surface area contributed by atoms with Crippen LogP contribution in [0.4, 0.5) is 5.95 Å². The van der Waals surface area contributed by atoms with Crippen LogP contribution < -0.4 is 5.32 Å². The number of anilines is 1. The Bertz CT molecular complexity index is 1390. The van der Waals surface area contributed by atoms with E-state index in [0.717, 1.165) is 60.6 Å². The van der Waals surface area contributed by atoms with E-state index in [-0.39, 0.29) is 12.3 Å². The van der Waals surface area contributed by atoms with E-state index in [9.17, 15) is 4.79 Å². The Morgan fingerprint density at radius 1 is 1.06 bits per heavy atom. The number of aromatic nitrogens is 7.